The molecule has 0 spiro atoms. The van der Waals surface area contributed by atoms with E-state index in [1.807, 2.05) is 0 Å². The number of aliphatic hydroxyl groups excluding tert-OH is 7. The van der Waals surface area contributed by atoms with Crippen LogP contribution in [0.25, 0.3) is 11.8 Å². The molecule has 10 N–H and O–H groups in total. The van der Waals surface area contributed by atoms with Crippen LogP contribution in [0, 0.1) is 0 Å². The van der Waals surface area contributed by atoms with Gasteiger partial charge in [0.15, 0.2) is 11.4 Å². The van der Waals surface area contributed by atoms with E-state index in [2.05, 4.69) is 4.98 Å². The number of benzene rings is 1. The fraction of sp³-hybridized carbons (Fsp3) is 0.407. The quantitative estimate of drug-likeness (QED) is 0.128. The van der Waals surface area contributed by atoms with Gasteiger partial charge < -0.3 is 60.4 Å². The Morgan fingerprint density at radius 3 is 2.32 bits per heavy atom. The maximum atomic E-state index is 13.9. The lowest BCUT2D eigenvalue weighted by Gasteiger charge is -2.46. The number of phenols is 1. The summed E-state index contributed by atoms with van der Waals surface area (Å²) in [6, 6.07) is 6.83. The third-order valence-electron chi connectivity index (χ3n) is 7.61. The van der Waals surface area contributed by atoms with E-state index >= 15 is 0 Å². The number of carbonyl (C=O) groups excluding carboxylic acids is 2. The van der Waals surface area contributed by atoms with Crippen LogP contribution in [0.1, 0.15) is 28.6 Å². The highest BCUT2D eigenvalue weighted by molar-refractivity contribution is 6.32. The van der Waals surface area contributed by atoms with Crippen molar-refractivity contribution in [2.24, 2.45) is 0 Å². The first kappa shape index (κ1) is 29.1. The van der Waals surface area contributed by atoms with E-state index in [0.717, 1.165) is 6.08 Å². The lowest BCUT2D eigenvalue weighted by molar-refractivity contribution is -0.268. The van der Waals surface area contributed by atoms with Gasteiger partial charge in [0, 0.05) is 11.3 Å². The summed E-state index contributed by atoms with van der Waals surface area (Å²) in [6.45, 7) is -1.13. The minimum atomic E-state index is -3.01. The third-order valence-corrected chi connectivity index (χ3v) is 7.61. The minimum Gasteiger partial charge on any atom is -0.508 e. The number of allylic oxidation sites excluding steroid dienone is 1. The van der Waals surface area contributed by atoms with Crippen LogP contribution in [0.4, 0.5) is 0 Å². The van der Waals surface area contributed by atoms with Gasteiger partial charge in [0.05, 0.1) is 18.9 Å². The standard InChI is InChI=1S/C27H29NO13/c29-8-16-20(35)21(36)22(37)26(41-16)27(39)24-12(7-13(28-24)23-19(34)15(32)9-40-23)18(33)17(25(27)38)14(31)6-3-10-1-4-11(30)5-2-10/h1-7,15-16,19-23,26,28-30,32-37,39H,8-9H2/b6-3+/t15-,16-,19-,20-,21+,22-,23-,26-,27+/m1/s1. The first-order valence-corrected chi connectivity index (χ1v) is 12.6. The molecule has 220 valence electrons. The molecule has 0 unspecified atom stereocenters. The van der Waals surface area contributed by atoms with Gasteiger partial charge in [0.25, 0.3) is 0 Å². The van der Waals surface area contributed by atoms with Crippen LogP contribution in [0.2, 0.25) is 0 Å². The number of rotatable bonds is 6. The average Bonchev–Trinajstić information content (AvgIpc) is 3.54. The molecule has 1 aliphatic carbocycles. The second-order valence-corrected chi connectivity index (χ2v) is 10.2. The number of aromatic amines is 1. The highest BCUT2D eigenvalue weighted by Gasteiger charge is 2.61. The van der Waals surface area contributed by atoms with Crippen LogP contribution in [0.3, 0.4) is 0 Å². The SMILES string of the molecule is O=C(/C=C/c1ccc(O)cc1)C1=C(O)c2cc([C@H]3OC[C@@H](O)[C@H]3O)[nH]c2[C@@](O)([C@@H]2O[C@H](CO)[C@@H](O)[C@H](O)[C@H]2O)C1=O. The molecular weight excluding hydrogens is 546 g/mol. The normalized spacial score (nSPS) is 35.7. The summed E-state index contributed by atoms with van der Waals surface area (Å²) in [5, 5.41) is 93.9. The van der Waals surface area contributed by atoms with Gasteiger partial charge in [-0.25, -0.2) is 0 Å². The van der Waals surface area contributed by atoms with Crippen LogP contribution in [-0.2, 0) is 24.7 Å². The smallest absolute Gasteiger partial charge is 0.211 e. The van der Waals surface area contributed by atoms with Crippen LogP contribution in [-0.4, -0.2) is 118 Å². The molecule has 14 nitrogen and oxygen atoms in total. The molecule has 3 aliphatic rings. The van der Waals surface area contributed by atoms with Gasteiger partial charge in [0.1, 0.15) is 65.9 Å². The number of aromatic hydroxyl groups is 1. The molecule has 14 heteroatoms. The Hall–Kier alpha value is -3.44. The highest BCUT2D eigenvalue weighted by atomic mass is 16.6. The zero-order chi connectivity index (χ0) is 29.8. The highest BCUT2D eigenvalue weighted by Crippen LogP contribution is 2.46. The predicted molar refractivity (Wildman–Crippen MR) is 136 cm³/mol. The number of hydrogen-bond donors (Lipinski definition) is 10. The van der Waals surface area contributed by atoms with E-state index in [-0.39, 0.29) is 23.6 Å². The van der Waals surface area contributed by atoms with Crippen molar-refractivity contribution in [2.75, 3.05) is 13.2 Å². The summed E-state index contributed by atoms with van der Waals surface area (Å²) in [5.41, 5.74) is -4.29. The molecule has 0 radical (unpaired) electrons. The Kier molecular flexibility index (Phi) is 7.63. The van der Waals surface area contributed by atoms with Crippen molar-refractivity contribution in [3.63, 3.8) is 0 Å². The topological polar surface area (TPSA) is 250 Å². The van der Waals surface area contributed by atoms with E-state index < -0.39 is 89.6 Å². The monoisotopic (exact) mass is 575 g/mol. The molecule has 9 atom stereocenters. The fourth-order valence-corrected chi connectivity index (χ4v) is 5.33. The van der Waals surface area contributed by atoms with Crippen molar-refractivity contribution >= 4 is 23.4 Å². The molecule has 0 bridgehead atoms. The van der Waals surface area contributed by atoms with E-state index in [1.54, 1.807) is 0 Å². The van der Waals surface area contributed by atoms with Crippen molar-refractivity contribution in [2.45, 2.75) is 54.4 Å². The number of ketones is 2. The number of aliphatic hydroxyl groups is 8. The van der Waals surface area contributed by atoms with Gasteiger partial charge in [-0.1, -0.05) is 18.2 Å². The van der Waals surface area contributed by atoms with E-state index in [1.165, 1.54) is 36.4 Å². The Balaban J connectivity index is 1.63. The Labute approximate surface area is 231 Å². The van der Waals surface area contributed by atoms with Crippen LogP contribution >= 0.6 is 0 Å². The Bertz CT molecular complexity index is 1400. The van der Waals surface area contributed by atoms with Crippen molar-refractivity contribution in [3.05, 3.63) is 64.5 Å². The molecule has 2 saturated heterocycles. The number of ether oxygens (including phenoxy) is 2. The summed E-state index contributed by atoms with van der Waals surface area (Å²) in [4.78, 5) is 29.9. The van der Waals surface area contributed by atoms with Crippen molar-refractivity contribution in [3.8, 4) is 5.75 Å². The van der Waals surface area contributed by atoms with E-state index in [9.17, 15) is 55.5 Å². The van der Waals surface area contributed by atoms with E-state index in [0.29, 0.717) is 5.56 Å². The molecular formula is C27H29NO13. The molecule has 3 heterocycles. The van der Waals surface area contributed by atoms with Crippen LogP contribution in [0.5, 0.6) is 5.75 Å². The summed E-state index contributed by atoms with van der Waals surface area (Å²) >= 11 is 0. The number of aromatic nitrogens is 1. The van der Waals surface area contributed by atoms with Crippen molar-refractivity contribution < 1.29 is 65.0 Å². The molecule has 41 heavy (non-hydrogen) atoms. The summed E-state index contributed by atoms with van der Waals surface area (Å²) in [6.07, 6.45) is -11.2. The second-order valence-electron chi connectivity index (χ2n) is 10.2. The van der Waals surface area contributed by atoms with Gasteiger partial charge in [-0.2, -0.15) is 0 Å². The molecule has 0 saturated carbocycles. The number of H-pyrrole nitrogens is 1. The van der Waals surface area contributed by atoms with E-state index in [4.69, 9.17) is 9.47 Å². The molecule has 1 aromatic heterocycles. The number of carbonyl (C=O) groups is 2. The molecule has 2 fully saturated rings. The van der Waals surface area contributed by atoms with Gasteiger partial charge in [-0.05, 0) is 29.8 Å². The second kappa shape index (κ2) is 10.8. The lowest BCUT2D eigenvalue weighted by atomic mass is 9.73. The Morgan fingerprint density at radius 1 is 1.02 bits per heavy atom. The zero-order valence-electron chi connectivity index (χ0n) is 21.2. The largest absolute Gasteiger partial charge is 0.508 e. The number of phenolic OH excluding ortho intramolecular Hbond substituents is 1. The van der Waals surface area contributed by atoms with Crippen LogP contribution in [0.15, 0.2) is 42.0 Å². The van der Waals surface area contributed by atoms with Gasteiger partial charge in [0.2, 0.25) is 5.78 Å². The fourth-order valence-electron chi connectivity index (χ4n) is 5.33. The Morgan fingerprint density at radius 2 is 1.71 bits per heavy atom. The minimum absolute atomic E-state index is 0.0188. The third kappa shape index (κ3) is 4.68. The van der Waals surface area contributed by atoms with Crippen molar-refractivity contribution in [1.29, 1.82) is 0 Å². The molecule has 1 aromatic carbocycles. The van der Waals surface area contributed by atoms with Crippen molar-refractivity contribution in [1.82, 2.24) is 4.98 Å². The van der Waals surface area contributed by atoms with Gasteiger partial charge in [-0.15, -0.1) is 0 Å². The number of Topliss-reactive ketones (excluding diaryl/α,β-unsaturated/α-hetero) is 1. The van der Waals surface area contributed by atoms with Gasteiger partial charge >= 0.3 is 0 Å². The molecule has 2 aliphatic heterocycles. The zero-order valence-corrected chi connectivity index (χ0v) is 21.2. The molecule has 5 rings (SSSR count). The van der Waals surface area contributed by atoms with Crippen LogP contribution < -0.4 is 0 Å². The lowest BCUT2D eigenvalue weighted by Crippen LogP contribution is -2.67. The molecule has 2 aromatic rings. The maximum Gasteiger partial charge on any atom is 0.211 e. The maximum absolute atomic E-state index is 13.9. The first-order valence-electron chi connectivity index (χ1n) is 12.6. The van der Waals surface area contributed by atoms with Gasteiger partial charge in [-0.3, -0.25) is 9.59 Å². The molecule has 0 amide bonds. The summed E-state index contributed by atoms with van der Waals surface area (Å²) < 4.78 is 10.9. The number of hydrogen-bond acceptors (Lipinski definition) is 13. The summed E-state index contributed by atoms with van der Waals surface area (Å²) in [5.74, 6) is -3.39. The number of fused-ring (bicyclic) bond motifs is 1. The first-order chi connectivity index (χ1) is 19.4. The summed E-state index contributed by atoms with van der Waals surface area (Å²) in [7, 11) is 0. The average molecular weight is 576 g/mol. The number of nitrogens with one attached hydrogen (secondary N) is 1. The predicted octanol–water partition coefficient (Wildman–Crippen LogP) is -2.32.